The van der Waals surface area contributed by atoms with Gasteiger partial charge in [0.2, 0.25) is 0 Å². The summed E-state index contributed by atoms with van der Waals surface area (Å²) in [7, 11) is 0. The maximum atomic E-state index is 12.4. The molecule has 0 fully saturated rings. The standard InChI is InChI=1S/C15H14F3NO2/c1-10-6-7-12(11(8-10)9-19)20-13-4-2-3-5-14(13)21-15(16,17)18/h2-8H,9,19H2,1H3. The van der Waals surface area contributed by atoms with Crippen LogP contribution in [0.1, 0.15) is 11.1 Å². The lowest BCUT2D eigenvalue weighted by Gasteiger charge is -2.15. The first-order valence-corrected chi connectivity index (χ1v) is 6.21. The van der Waals surface area contributed by atoms with Crippen LogP contribution in [0.5, 0.6) is 17.2 Å². The van der Waals surface area contributed by atoms with Crippen LogP contribution in [-0.4, -0.2) is 6.36 Å². The number of hydrogen-bond donors (Lipinski definition) is 1. The minimum atomic E-state index is -4.77. The second kappa shape index (κ2) is 6.05. The number of nitrogens with two attached hydrogens (primary N) is 1. The Labute approximate surface area is 120 Å². The largest absolute Gasteiger partial charge is 0.573 e. The van der Waals surface area contributed by atoms with E-state index in [1.54, 1.807) is 18.2 Å². The summed E-state index contributed by atoms with van der Waals surface area (Å²) < 4.78 is 46.6. The zero-order valence-electron chi connectivity index (χ0n) is 11.3. The number of halogens is 3. The topological polar surface area (TPSA) is 44.5 Å². The predicted molar refractivity (Wildman–Crippen MR) is 72.3 cm³/mol. The van der Waals surface area contributed by atoms with Crippen molar-refractivity contribution in [2.45, 2.75) is 19.8 Å². The highest BCUT2D eigenvalue weighted by Gasteiger charge is 2.32. The van der Waals surface area contributed by atoms with Gasteiger partial charge >= 0.3 is 6.36 Å². The molecule has 6 heteroatoms. The van der Waals surface area contributed by atoms with Gasteiger partial charge in [0.25, 0.3) is 0 Å². The summed E-state index contributed by atoms with van der Waals surface area (Å²) in [6, 6.07) is 10.9. The first-order valence-electron chi connectivity index (χ1n) is 6.21. The van der Waals surface area contributed by atoms with Gasteiger partial charge in [-0.05, 0) is 25.1 Å². The van der Waals surface area contributed by atoms with E-state index >= 15 is 0 Å². The van der Waals surface area contributed by atoms with E-state index in [2.05, 4.69) is 4.74 Å². The minimum absolute atomic E-state index is 0.0200. The van der Waals surface area contributed by atoms with Crippen molar-refractivity contribution in [3.63, 3.8) is 0 Å². The fourth-order valence-corrected chi connectivity index (χ4v) is 1.83. The van der Waals surface area contributed by atoms with Crippen molar-refractivity contribution >= 4 is 0 Å². The number of aryl methyl sites for hydroxylation is 1. The Morgan fingerprint density at radius 1 is 1.00 bits per heavy atom. The molecule has 0 heterocycles. The predicted octanol–water partition coefficient (Wildman–Crippen LogP) is 4.14. The first-order chi connectivity index (χ1) is 9.89. The van der Waals surface area contributed by atoms with Gasteiger partial charge in [0.05, 0.1) is 0 Å². The van der Waals surface area contributed by atoms with E-state index in [1.807, 2.05) is 13.0 Å². The Morgan fingerprint density at radius 2 is 1.67 bits per heavy atom. The zero-order valence-corrected chi connectivity index (χ0v) is 11.3. The maximum absolute atomic E-state index is 12.4. The van der Waals surface area contributed by atoms with Gasteiger partial charge in [0.15, 0.2) is 11.5 Å². The average molecular weight is 297 g/mol. The van der Waals surface area contributed by atoms with Gasteiger partial charge in [-0.15, -0.1) is 13.2 Å². The highest BCUT2D eigenvalue weighted by atomic mass is 19.4. The first kappa shape index (κ1) is 15.2. The van der Waals surface area contributed by atoms with Crippen LogP contribution in [0.3, 0.4) is 0 Å². The summed E-state index contributed by atoms with van der Waals surface area (Å²) in [6.07, 6.45) is -4.77. The average Bonchev–Trinajstić information content (AvgIpc) is 2.41. The number of alkyl halides is 3. The molecule has 2 aromatic carbocycles. The smallest absolute Gasteiger partial charge is 0.453 e. The number of benzene rings is 2. The molecule has 0 saturated heterocycles. The van der Waals surface area contributed by atoms with Crippen LogP contribution in [-0.2, 0) is 6.54 Å². The molecule has 0 aliphatic carbocycles. The third-order valence-electron chi connectivity index (χ3n) is 2.73. The molecule has 2 aromatic rings. The molecule has 112 valence electrons. The Kier molecular flexibility index (Phi) is 4.37. The zero-order chi connectivity index (χ0) is 15.5. The molecule has 0 aliphatic heterocycles. The Bertz CT molecular complexity index is 627. The second-order valence-electron chi connectivity index (χ2n) is 4.41. The van der Waals surface area contributed by atoms with Gasteiger partial charge in [0, 0.05) is 12.1 Å². The molecule has 0 aromatic heterocycles. The van der Waals surface area contributed by atoms with Crippen molar-refractivity contribution in [3.05, 3.63) is 53.6 Å². The molecule has 0 spiro atoms. The highest BCUT2D eigenvalue weighted by molar-refractivity contribution is 5.45. The third-order valence-corrected chi connectivity index (χ3v) is 2.73. The van der Waals surface area contributed by atoms with Gasteiger partial charge in [-0.1, -0.05) is 29.8 Å². The lowest BCUT2D eigenvalue weighted by atomic mass is 10.1. The summed E-state index contributed by atoms with van der Waals surface area (Å²) in [5.41, 5.74) is 7.32. The van der Waals surface area contributed by atoms with E-state index in [0.29, 0.717) is 11.3 Å². The molecular weight excluding hydrogens is 283 g/mol. The molecule has 0 atom stereocenters. The SMILES string of the molecule is Cc1ccc(Oc2ccccc2OC(F)(F)F)c(CN)c1. The molecule has 0 amide bonds. The monoisotopic (exact) mass is 297 g/mol. The Hall–Kier alpha value is -2.21. The van der Waals surface area contributed by atoms with Crippen LogP contribution in [0.25, 0.3) is 0 Å². The van der Waals surface area contributed by atoms with Crippen molar-refractivity contribution in [2.24, 2.45) is 5.73 Å². The quantitative estimate of drug-likeness (QED) is 0.922. The van der Waals surface area contributed by atoms with Crippen LogP contribution < -0.4 is 15.2 Å². The Morgan fingerprint density at radius 3 is 2.29 bits per heavy atom. The number of rotatable bonds is 4. The number of hydrogen-bond acceptors (Lipinski definition) is 3. The third kappa shape index (κ3) is 4.13. The van der Waals surface area contributed by atoms with Crippen molar-refractivity contribution < 1.29 is 22.6 Å². The van der Waals surface area contributed by atoms with Gasteiger partial charge in [-0.3, -0.25) is 0 Å². The van der Waals surface area contributed by atoms with E-state index in [-0.39, 0.29) is 12.3 Å². The van der Waals surface area contributed by atoms with Gasteiger partial charge in [0.1, 0.15) is 5.75 Å². The maximum Gasteiger partial charge on any atom is 0.573 e. The van der Waals surface area contributed by atoms with Crippen LogP contribution in [0.4, 0.5) is 13.2 Å². The van der Waals surface area contributed by atoms with E-state index in [0.717, 1.165) is 5.56 Å². The fraction of sp³-hybridized carbons (Fsp3) is 0.200. The molecule has 0 bridgehead atoms. The summed E-state index contributed by atoms with van der Waals surface area (Å²) in [5, 5.41) is 0. The highest BCUT2D eigenvalue weighted by Crippen LogP contribution is 2.36. The normalized spacial score (nSPS) is 11.3. The van der Waals surface area contributed by atoms with Crippen molar-refractivity contribution in [3.8, 4) is 17.2 Å². The molecule has 2 N–H and O–H groups in total. The van der Waals surface area contributed by atoms with Crippen molar-refractivity contribution in [1.82, 2.24) is 0 Å². The lowest BCUT2D eigenvalue weighted by molar-refractivity contribution is -0.275. The van der Waals surface area contributed by atoms with Crippen LogP contribution in [0, 0.1) is 6.92 Å². The van der Waals surface area contributed by atoms with Crippen molar-refractivity contribution in [1.29, 1.82) is 0 Å². The molecule has 21 heavy (non-hydrogen) atoms. The molecular formula is C15H14F3NO2. The van der Waals surface area contributed by atoms with E-state index in [1.165, 1.54) is 18.2 Å². The molecule has 3 nitrogen and oxygen atoms in total. The molecule has 0 radical (unpaired) electrons. The minimum Gasteiger partial charge on any atom is -0.453 e. The van der Waals surface area contributed by atoms with E-state index < -0.39 is 12.1 Å². The van der Waals surface area contributed by atoms with Gasteiger partial charge in [-0.25, -0.2) is 0 Å². The number of para-hydroxylation sites is 2. The van der Waals surface area contributed by atoms with Crippen molar-refractivity contribution in [2.75, 3.05) is 0 Å². The fourth-order valence-electron chi connectivity index (χ4n) is 1.83. The van der Waals surface area contributed by atoms with Crippen LogP contribution in [0.15, 0.2) is 42.5 Å². The van der Waals surface area contributed by atoms with Crippen LogP contribution in [0.2, 0.25) is 0 Å². The van der Waals surface area contributed by atoms with E-state index in [4.69, 9.17) is 10.5 Å². The summed E-state index contributed by atoms with van der Waals surface area (Å²) in [6.45, 7) is 2.11. The summed E-state index contributed by atoms with van der Waals surface area (Å²) in [5.74, 6) is -0.0109. The molecule has 2 rings (SSSR count). The molecule has 0 saturated carbocycles. The second-order valence-corrected chi connectivity index (χ2v) is 4.41. The Balaban J connectivity index is 2.32. The number of ether oxygens (including phenoxy) is 2. The van der Waals surface area contributed by atoms with E-state index in [9.17, 15) is 13.2 Å². The molecule has 0 aliphatic rings. The summed E-state index contributed by atoms with van der Waals surface area (Å²) in [4.78, 5) is 0. The van der Waals surface area contributed by atoms with Gasteiger partial charge in [-0.2, -0.15) is 0 Å². The summed E-state index contributed by atoms with van der Waals surface area (Å²) >= 11 is 0. The molecule has 0 unspecified atom stereocenters. The van der Waals surface area contributed by atoms with Crippen LogP contribution >= 0.6 is 0 Å². The lowest BCUT2D eigenvalue weighted by Crippen LogP contribution is -2.17. The van der Waals surface area contributed by atoms with Gasteiger partial charge < -0.3 is 15.2 Å².